The Hall–Kier alpha value is -4.39. The molecule has 0 atom stereocenters. The van der Waals surface area contributed by atoms with E-state index in [4.69, 9.17) is 24.7 Å². The second-order valence-electron chi connectivity index (χ2n) is 11.7. The number of methoxy groups -OCH3 is 4. The number of carbonyl (C=O) groups excluding carboxylic acids is 3. The lowest BCUT2D eigenvalue weighted by molar-refractivity contribution is -0.133. The highest BCUT2D eigenvalue weighted by Crippen LogP contribution is 2.31. The van der Waals surface area contributed by atoms with Gasteiger partial charge in [0.1, 0.15) is 0 Å². The third-order valence-corrected chi connectivity index (χ3v) is 8.09. The zero-order valence-electron chi connectivity index (χ0n) is 29.4. The van der Waals surface area contributed by atoms with Gasteiger partial charge in [0.15, 0.2) is 28.8 Å². The summed E-state index contributed by atoms with van der Waals surface area (Å²) in [6.45, 7) is 5.19. The van der Waals surface area contributed by atoms with Gasteiger partial charge >= 0.3 is 0 Å². The quantitative estimate of drug-likeness (QED) is 0.114. The lowest BCUT2D eigenvalue weighted by atomic mass is 9.93. The number of nitrogens with two attached hydrogens (primary N) is 1. The van der Waals surface area contributed by atoms with E-state index in [0.717, 1.165) is 63.0 Å². The van der Waals surface area contributed by atoms with Crippen molar-refractivity contribution in [3.8, 4) is 23.0 Å². The van der Waals surface area contributed by atoms with Crippen molar-refractivity contribution in [2.75, 3.05) is 80.8 Å². The number of likely N-dealkylation sites (tertiary alicyclic amines) is 1. The number of hydrogen-bond acceptors (Lipinski definition) is 10. The summed E-state index contributed by atoms with van der Waals surface area (Å²) in [5.74, 6) is 1.64. The number of carbonyl (C=O) groups is 3. The van der Waals surface area contributed by atoms with Gasteiger partial charge in [0.05, 0.1) is 28.4 Å². The first-order valence-electron chi connectivity index (χ1n) is 16.9. The Balaban J connectivity index is 1.61. The number of nitrogens with zero attached hydrogens (tertiary/aromatic N) is 1. The fourth-order valence-corrected chi connectivity index (χ4v) is 5.39. The predicted molar refractivity (Wildman–Crippen MR) is 192 cm³/mol. The van der Waals surface area contributed by atoms with Crippen molar-refractivity contribution in [2.45, 2.75) is 38.5 Å². The molecule has 5 N–H and O–H groups in total. The van der Waals surface area contributed by atoms with E-state index in [1.165, 1.54) is 0 Å². The minimum Gasteiger partial charge on any atom is -0.493 e. The number of ether oxygens (including phenoxy) is 4. The molecule has 12 nitrogen and oxygen atoms in total. The molecular formula is C37H53N5O7. The summed E-state index contributed by atoms with van der Waals surface area (Å²) in [6, 6.07) is 10.7. The normalized spacial score (nSPS) is 14.6. The molecule has 0 spiro atoms. The molecule has 268 valence electrons. The van der Waals surface area contributed by atoms with Crippen molar-refractivity contribution >= 4 is 29.7 Å². The Kier molecular flexibility index (Phi) is 17.2. The maximum absolute atomic E-state index is 13.8. The fourth-order valence-electron chi connectivity index (χ4n) is 5.39. The second-order valence-corrected chi connectivity index (χ2v) is 11.7. The molecule has 0 saturated carbocycles. The van der Waals surface area contributed by atoms with E-state index in [1.54, 1.807) is 69.8 Å². The Morgan fingerprint density at radius 2 is 1.18 bits per heavy atom. The fraction of sp³-hybridized carbons (Fsp3) is 0.486. The first-order chi connectivity index (χ1) is 23.8. The zero-order chi connectivity index (χ0) is 35.4. The number of unbranched alkanes of at least 4 members (excludes halogenated alkanes) is 1. The van der Waals surface area contributed by atoms with Crippen molar-refractivity contribution in [3.63, 3.8) is 0 Å². The molecule has 0 radical (unpaired) electrons. The van der Waals surface area contributed by atoms with E-state index in [-0.39, 0.29) is 43.5 Å². The maximum Gasteiger partial charge on any atom is 0.223 e. The molecule has 2 aromatic carbocycles. The first-order valence-corrected chi connectivity index (χ1v) is 16.9. The molecule has 3 rings (SSSR count). The molecule has 2 aromatic rings. The number of amides is 2. The van der Waals surface area contributed by atoms with Crippen LogP contribution in [0.3, 0.4) is 0 Å². The molecular weight excluding hydrogens is 626 g/mol. The largest absolute Gasteiger partial charge is 0.493 e. The van der Waals surface area contributed by atoms with Crippen LogP contribution in [0.5, 0.6) is 23.0 Å². The topological polar surface area (TPSA) is 153 Å². The summed E-state index contributed by atoms with van der Waals surface area (Å²) in [6.07, 6.45) is 7.61. The molecule has 0 aliphatic carbocycles. The molecule has 1 heterocycles. The van der Waals surface area contributed by atoms with Crippen LogP contribution >= 0.6 is 0 Å². The average molecular weight is 680 g/mol. The van der Waals surface area contributed by atoms with Gasteiger partial charge in [-0.2, -0.15) is 0 Å². The summed E-state index contributed by atoms with van der Waals surface area (Å²) in [7, 11) is 6.21. The monoisotopic (exact) mass is 679 g/mol. The summed E-state index contributed by atoms with van der Waals surface area (Å²) in [5, 5.41) is 9.68. The molecule has 0 bridgehead atoms. The SMILES string of the molecule is COc1ccc(/C=C2/CN(C(=O)CCC(=O)NCCCNCCCCNCCCN)C/C(=C\c3ccc(OC)c(OC)c3)C2=O)cc1OC. The van der Waals surface area contributed by atoms with Gasteiger partial charge in [0.25, 0.3) is 0 Å². The van der Waals surface area contributed by atoms with Gasteiger partial charge in [-0.25, -0.2) is 0 Å². The number of rotatable bonds is 21. The van der Waals surface area contributed by atoms with Gasteiger partial charge in [-0.1, -0.05) is 12.1 Å². The lowest BCUT2D eigenvalue weighted by Gasteiger charge is -2.30. The Labute approximate surface area is 290 Å². The third-order valence-electron chi connectivity index (χ3n) is 8.09. The van der Waals surface area contributed by atoms with E-state index >= 15 is 0 Å². The van der Waals surface area contributed by atoms with Gasteiger partial charge in [0.2, 0.25) is 11.8 Å². The molecule has 1 fully saturated rings. The van der Waals surface area contributed by atoms with Crippen LogP contribution in [0.4, 0.5) is 0 Å². The molecule has 2 amide bonds. The van der Waals surface area contributed by atoms with Gasteiger partial charge in [-0.3, -0.25) is 14.4 Å². The van der Waals surface area contributed by atoms with Gasteiger partial charge in [-0.05, 0) is 106 Å². The Morgan fingerprint density at radius 1 is 0.694 bits per heavy atom. The highest BCUT2D eigenvalue weighted by atomic mass is 16.5. The van der Waals surface area contributed by atoms with E-state index in [9.17, 15) is 14.4 Å². The van der Waals surface area contributed by atoms with E-state index in [1.807, 2.05) is 12.1 Å². The van der Waals surface area contributed by atoms with Crippen LogP contribution in [0.2, 0.25) is 0 Å². The summed E-state index contributed by atoms with van der Waals surface area (Å²) < 4.78 is 21.6. The van der Waals surface area contributed by atoms with Crippen molar-refractivity contribution < 1.29 is 33.3 Å². The van der Waals surface area contributed by atoms with Gasteiger partial charge in [0, 0.05) is 43.6 Å². The number of ketones is 1. The summed E-state index contributed by atoms with van der Waals surface area (Å²) in [4.78, 5) is 41.4. The van der Waals surface area contributed by atoms with E-state index in [0.29, 0.717) is 47.2 Å². The number of benzene rings is 2. The van der Waals surface area contributed by atoms with Gasteiger partial charge < -0.3 is 45.5 Å². The smallest absolute Gasteiger partial charge is 0.223 e. The molecule has 0 aromatic heterocycles. The van der Waals surface area contributed by atoms with Crippen LogP contribution in [0, 0.1) is 0 Å². The lowest BCUT2D eigenvalue weighted by Crippen LogP contribution is -2.42. The first kappa shape index (κ1) is 39.1. The minimum absolute atomic E-state index is 0.0326. The van der Waals surface area contributed by atoms with Crippen LogP contribution in [0.15, 0.2) is 47.5 Å². The number of Topliss-reactive ketones (excluding diaryl/α,β-unsaturated/α-hetero) is 1. The van der Waals surface area contributed by atoms with Gasteiger partial charge in [-0.15, -0.1) is 0 Å². The zero-order valence-corrected chi connectivity index (χ0v) is 29.4. The van der Waals surface area contributed by atoms with Crippen LogP contribution in [0.1, 0.15) is 49.7 Å². The molecule has 0 unspecified atom stereocenters. The standard InChI is InChI=1S/C37H53N5O7/c1-46-31-11-9-27(23-33(31)48-3)21-29-25-42(26-30(37(29)45)22-28-10-12-32(47-2)34(24-28)49-4)36(44)14-13-35(43)41-20-8-19-40-17-6-5-16-39-18-7-15-38/h9-12,21-24,39-40H,5-8,13-20,25-26,38H2,1-4H3,(H,41,43)/b29-21-,30-22+. The van der Waals surface area contributed by atoms with Crippen LogP contribution in [-0.4, -0.2) is 103 Å². The number of piperidine rings is 1. The maximum atomic E-state index is 13.8. The van der Waals surface area contributed by atoms with Crippen LogP contribution in [0.25, 0.3) is 12.2 Å². The Bertz CT molecular complexity index is 1360. The third kappa shape index (κ3) is 12.9. The molecule has 49 heavy (non-hydrogen) atoms. The summed E-state index contributed by atoms with van der Waals surface area (Å²) >= 11 is 0. The second kappa shape index (κ2) is 21.6. The summed E-state index contributed by atoms with van der Waals surface area (Å²) in [5.41, 5.74) is 7.83. The van der Waals surface area contributed by atoms with E-state index < -0.39 is 0 Å². The molecule has 1 aliphatic heterocycles. The molecule has 12 heteroatoms. The molecule has 1 saturated heterocycles. The highest BCUT2D eigenvalue weighted by Gasteiger charge is 2.29. The van der Waals surface area contributed by atoms with Crippen molar-refractivity contribution in [2.24, 2.45) is 5.73 Å². The van der Waals surface area contributed by atoms with Crippen LogP contribution in [-0.2, 0) is 14.4 Å². The average Bonchev–Trinajstić information content (AvgIpc) is 3.12. The van der Waals surface area contributed by atoms with Crippen molar-refractivity contribution in [1.82, 2.24) is 20.9 Å². The highest BCUT2D eigenvalue weighted by molar-refractivity contribution is 6.15. The minimum atomic E-state index is -0.210. The van der Waals surface area contributed by atoms with Crippen molar-refractivity contribution in [1.29, 1.82) is 0 Å². The van der Waals surface area contributed by atoms with Crippen LogP contribution < -0.4 is 40.6 Å². The van der Waals surface area contributed by atoms with E-state index in [2.05, 4.69) is 16.0 Å². The number of nitrogens with one attached hydrogen (secondary N) is 3. The van der Waals surface area contributed by atoms with Crippen molar-refractivity contribution in [3.05, 3.63) is 58.7 Å². The Morgan fingerprint density at radius 3 is 1.67 bits per heavy atom. The number of hydrogen-bond donors (Lipinski definition) is 4. The predicted octanol–water partition coefficient (Wildman–Crippen LogP) is 3.19. The molecule has 1 aliphatic rings.